The third-order valence-electron chi connectivity index (χ3n) is 10.6. The highest BCUT2D eigenvalue weighted by Crippen LogP contribution is 2.68. The van der Waals surface area contributed by atoms with Crippen molar-refractivity contribution in [3.63, 3.8) is 0 Å². The predicted octanol–water partition coefficient (Wildman–Crippen LogP) is 3.54. The monoisotopic (exact) mass is 422 g/mol. The van der Waals surface area contributed by atoms with Gasteiger partial charge < -0.3 is 20.1 Å². The number of carbonyl (C=O) groups excluding carboxylic acids is 1. The molecule has 8 unspecified atom stereocenters. The summed E-state index contributed by atoms with van der Waals surface area (Å²) in [7, 11) is 1.44. The van der Waals surface area contributed by atoms with Crippen molar-refractivity contribution in [2.24, 2.45) is 46.3 Å². The molecule has 4 fully saturated rings. The Morgan fingerprint density at radius 1 is 1.07 bits per heavy atom. The lowest BCUT2D eigenvalue weighted by molar-refractivity contribution is -0.207. The van der Waals surface area contributed by atoms with Crippen molar-refractivity contribution < 1.29 is 24.9 Å². The highest BCUT2D eigenvalue weighted by Gasteiger charge is 2.65. The van der Waals surface area contributed by atoms with E-state index in [9.17, 15) is 20.1 Å². The molecule has 11 atom stereocenters. The van der Waals surface area contributed by atoms with Gasteiger partial charge in [-0.3, -0.25) is 4.79 Å². The van der Waals surface area contributed by atoms with Gasteiger partial charge in [0.1, 0.15) is 0 Å². The number of hydrogen-bond donors (Lipinski definition) is 3. The molecule has 0 heterocycles. The molecule has 4 aliphatic carbocycles. The van der Waals surface area contributed by atoms with Crippen molar-refractivity contribution in [1.29, 1.82) is 0 Å². The van der Waals surface area contributed by atoms with Crippen LogP contribution in [0.25, 0.3) is 0 Å². The smallest absolute Gasteiger partial charge is 0.305 e. The van der Waals surface area contributed by atoms with Crippen molar-refractivity contribution in [3.8, 4) is 0 Å². The average molecular weight is 423 g/mol. The zero-order valence-electron chi connectivity index (χ0n) is 19.2. The maximum absolute atomic E-state index is 11.7. The van der Waals surface area contributed by atoms with Gasteiger partial charge in [0.05, 0.1) is 25.4 Å². The molecule has 5 heteroatoms. The molecule has 172 valence electrons. The summed E-state index contributed by atoms with van der Waals surface area (Å²) in [6, 6.07) is 0. The number of methoxy groups -OCH3 is 1. The molecule has 0 aromatic rings. The first-order chi connectivity index (χ1) is 14.1. The summed E-state index contributed by atoms with van der Waals surface area (Å²) >= 11 is 0. The number of rotatable bonds is 4. The molecule has 30 heavy (non-hydrogen) atoms. The van der Waals surface area contributed by atoms with Gasteiger partial charge in [-0.15, -0.1) is 0 Å². The molecule has 4 rings (SSSR count). The van der Waals surface area contributed by atoms with Crippen molar-refractivity contribution in [3.05, 3.63) is 0 Å². The third kappa shape index (κ3) is 3.34. The second-order valence-electron chi connectivity index (χ2n) is 11.6. The van der Waals surface area contributed by atoms with Gasteiger partial charge in [-0.1, -0.05) is 20.8 Å². The van der Waals surface area contributed by atoms with E-state index in [1.54, 1.807) is 0 Å². The minimum Gasteiger partial charge on any atom is -0.469 e. The second-order valence-corrected chi connectivity index (χ2v) is 11.6. The number of fused-ring (bicyclic) bond motifs is 5. The number of ether oxygens (including phenoxy) is 1. The Balaban J connectivity index is 1.58. The van der Waals surface area contributed by atoms with Gasteiger partial charge in [0.2, 0.25) is 0 Å². The number of hydrogen-bond acceptors (Lipinski definition) is 5. The van der Waals surface area contributed by atoms with Crippen LogP contribution in [0, 0.1) is 46.3 Å². The fraction of sp³-hybridized carbons (Fsp3) is 0.960. The van der Waals surface area contributed by atoms with E-state index in [4.69, 9.17) is 4.74 Å². The van der Waals surface area contributed by atoms with Crippen LogP contribution < -0.4 is 0 Å². The summed E-state index contributed by atoms with van der Waals surface area (Å²) in [6.45, 7) is 6.85. The van der Waals surface area contributed by atoms with Crippen LogP contribution in [0.1, 0.15) is 78.6 Å². The van der Waals surface area contributed by atoms with E-state index < -0.39 is 0 Å². The Labute approximate surface area is 181 Å². The van der Waals surface area contributed by atoms with Gasteiger partial charge in [0, 0.05) is 6.42 Å². The average Bonchev–Trinajstić information content (AvgIpc) is 3.06. The minimum atomic E-state index is -0.369. The van der Waals surface area contributed by atoms with Gasteiger partial charge >= 0.3 is 5.97 Å². The zero-order chi connectivity index (χ0) is 21.8. The maximum atomic E-state index is 11.7. The van der Waals surface area contributed by atoms with Crippen molar-refractivity contribution in [1.82, 2.24) is 0 Å². The molecule has 4 aliphatic rings. The fourth-order valence-corrected chi connectivity index (χ4v) is 8.78. The van der Waals surface area contributed by atoms with Gasteiger partial charge in [-0.25, -0.2) is 0 Å². The van der Waals surface area contributed by atoms with Crippen LogP contribution in [0.3, 0.4) is 0 Å². The number of aliphatic hydroxyl groups excluding tert-OH is 3. The first kappa shape index (κ1) is 22.5. The van der Waals surface area contributed by atoms with E-state index in [0.717, 1.165) is 51.4 Å². The zero-order valence-corrected chi connectivity index (χ0v) is 19.2. The molecular formula is C25H42O5. The molecule has 0 aliphatic heterocycles. The second kappa shape index (κ2) is 8.04. The summed E-state index contributed by atoms with van der Waals surface area (Å²) in [5, 5.41) is 33.1. The molecule has 0 radical (unpaired) electrons. The summed E-state index contributed by atoms with van der Waals surface area (Å²) < 4.78 is 4.83. The SMILES string of the molecule is COC(=O)CCC(C)C1CCC2C3C(C[C@H](O)C12C)C1(C)CC[C@@H](O)CC1C[C@H]3O. The summed E-state index contributed by atoms with van der Waals surface area (Å²) in [5.74, 6) is 1.81. The molecule has 4 saturated carbocycles. The fourth-order valence-electron chi connectivity index (χ4n) is 8.78. The molecule has 0 spiro atoms. The molecule has 0 amide bonds. The lowest BCUT2D eigenvalue weighted by atomic mass is 9.43. The minimum absolute atomic E-state index is 0.111. The van der Waals surface area contributed by atoms with Crippen LogP contribution in [0.4, 0.5) is 0 Å². The highest BCUT2D eigenvalue weighted by atomic mass is 16.5. The van der Waals surface area contributed by atoms with Crippen LogP contribution in [-0.4, -0.2) is 46.7 Å². The summed E-state index contributed by atoms with van der Waals surface area (Å²) in [5.41, 5.74) is -0.0882. The Morgan fingerprint density at radius 2 is 1.80 bits per heavy atom. The molecule has 0 bridgehead atoms. The van der Waals surface area contributed by atoms with Crippen LogP contribution >= 0.6 is 0 Å². The van der Waals surface area contributed by atoms with Gasteiger partial charge in [-0.05, 0) is 97.7 Å². The number of esters is 1. The van der Waals surface area contributed by atoms with E-state index in [-0.39, 0.29) is 41.0 Å². The molecule has 0 aromatic carbocycles. The Bertz CT molecular complexity index is 651. The van der Waals surface area contributed by atoms with Crippen LogP contribution in [0.15, 0.2) is 0 Å². The Kier molecular flexibility index (Phi) is 6.04. The standard InChI is InChI=1S/C25H42O5/c1-14(5-8-22(29)30-4)17-6-7-18-23-19(13-21(28)25(17,18)3)24(2)10-9-16(26)11-15(24)12-20(23)27/h14-21,23,26-28H,5-13H2,1-4H3/t14?,15?,16-,17?,18?,19?,20-,21+,23?,24?,25?/m1/s1. The normalized spacial score (nSPS) is 51.4. The van der Waals surface area contributed by atoms with Crippen LogP contribution in [0.5, 0.6) is 0 Å². The number of aliphatic hydroxyl groups is 3. The molecule has 0 aromatic heterocycles. The maximum Gasteiger partial charge on any atom is 0.305 e. The van der Waals surface area contributed by atoms with Crippen molar-refractivity contribution >= 4 is 5.97 Å². The Morgan fingerprint density at radius 3 is 2.50 bits per heavy atom. The van der Waals surface area contributed by atoms with E-state index in [2.05, 4.69) is 20.8 Å². The lowest BCUT2D eigenvalue weighted by Gasteiger charge is -2.63. The third-order valence-corrected chi connectivity index (χ3v) is 10.6. The van der Waals surface area contributed by atoms with E-state index in [1.165, 1.54) is 7.11 Å². The molecule has 5 nitrogen and oxygen atoms in total. The van der Waals surface area contributed by atoms with Gasteiger partial charge in [-0.2, -0.15) is 0 Å². The van der Waals surface area contributed by atoms with Crippen LogP contribution in [0.2, 0.25) is 0 Å². The quantitative estimate of drug-likeness (QED) is 0.603. The lowest BCUT2D eigenvalue weighted by Crippen LogP contribution is -2.62. The topological polar surface area (TPSA) is 87.0 Å². The predicted molar refractivity (Wildman–Crippen MR) is 114 cm³/mol. The van der Waals surface area contributed by atoms with E-state index >= 15 is 0 Å². The highest BCUT2D eigenvalue weighted by molar-refractivity contribution is 5.69. The largest absolute Gasteiger partial charge is 0.469 e. The van der Waals surface area contributed by atoms with Gasteiger partial charge in [0.15, 0.2) is 0 Å². The van der Waals surface area contributed by atoms with E-state index in [0.29, 0.717) is 36.0 Å². The van der Waals surface area contributed by atoms with Crippen molar-refractivity contribution in [2.45, 2.75) is 96.9 Å². The first-order valence-corrected chi connectivity index (χ1v) is 12.2. The summed E-state index contributed by atoms with van der Waals surface area (Å²) in [4.78, 5) is 11.7. The van der Waals surface area contributed by atoms with Crippen molar-refractivity contribution in [2.75, 3.05) is 7.11 Å². The summed E-state index contributed by atoms with van der Waals surface area (Å²) in [6.07, 6.45) is 6.60. The molecular weight excluding hydrogens is 380 g/mol. The van der Waals surface area contributed by atoms with Gasteiger partial charge in [0.25, 0.3) is 0 Å². The number of carbonyl (C=O) groups is 1. The molecule has 0 saturated heterocycles. The first-order valence-electron chi connectivity index (χ1n) is 12.2. The Hall–Kier alpha value is -0.650. The van der Waals surface area contributed by atoms with E-state index in [1.807, 2.05) is 0 Å². The molecule has 3 N–H and O–H groups in total. The van der Waals surface area contributed by atoms with Crippen LogP contribution in [-0.2, 0) is 9.53 Å².